The maximum Gasteiger partial charge on any atom is 0.309 e. The fourth-order valence-corrected chi connectivity index (χ4v) is 3.78. The number of ether oxygens (including phenoxy) is 2. The molecule has 0 radical (unpaired) electrons. The summed E-state index contributed by atoms with van der Waals surface area (Å²) in [7, 11) is 0. The van der Waals surface area contributed by atoms with Crippen molar-refractivity contribution in [3.8, 4) is 11.6 Å². The third kappa shape index (κ3) is 3.85. The van der Waals surface area contributed by atoms with Crippen LogP contribution in [0.15, 0.2) is 42.6 Å². The predicted octanol–water partition coefficient (Wildman–Crippen LogP) is 2.64. The quantitative estimate of drug-likeness (QED) is 0.722. The maximum absolute atomic E-state index is 13.2. The van der Waals surface area contributed by atoms with Gasteiger partial charge in [0.05, 0.1) is 18.2 Å². The summed E-state index contributed by atoms with van der Waals surface area (Å²) in [6.07, 6.45) is 2.68. The number of anilines is 1. The molecular weight excluding hydrogens is 386 g/mol. The van der Waals surface area contributed by atoms with Gasteiger partial charge in [0, 0.05) is 19.3 Å². The molecule has 0 atom stereocenters. The van der Waals surface area contributed by atoms with E-state index < -0.39 is 0 Å². The molecule has 8 heteroatoms. The molecule has 2 aliphatic rings. The van der Waals surface area contributed by atoms with Crippen LogP contribution in [-0.2, 0) is 14.3 Å². The van der Waals surface area contributed by atoms with Crippen molar-refractivity contribution in [2.75, 3.05) is 31.1 Å². The van der Waals surface area contributed by atoms with Gasteiger partial charge in [0.2, 0.25) is 11.8 Å². The van der Waals surface area contributed by atoms with E-state index in [0.29, 0.717) is 49.5 Å². The molecule has 30 heavy (non-hydrogen) atoms. The molecule has 0 aliphatic carbocycles. The SMILES string of the molecule is CCOC(=O)C1CCN(C(=O)CN2C(=O)c3cccnc3Oc3ccccc32)CC1. The number of likely N-dealkylation sites (tertiary alicyclic amines) is 1. The molecule has 1 aromatic heterocycles. The smallest absolute Gasteiger partial charge is 0.309 e. The summed E-state index contributed by atoms with van der Waals surface area (Å²) < 4.78 is 10.9. The number of piperidine rings is 1. The van der Waals surface area contributed by atoms with Gasteiger partial charge in [0.15, 0.2) is 5.75 Å². The van der Waals surface area contributed by atoms with Gasteiger partial charge in [-0.15, -0.1) is 0 Å². The molecule has 0 N–H and O–H groups in total. The Morgan fingerprint density at radius 2 is 1.93 bits per heavy atom. The number of fused-ring (bicyclic) bond motifs is 2. The Labute approximate surface area is 174 Å². The highest BCUT2D eigenvalue weighted by Gasteiger charge is 2.33. The van der Waals surface area contributed by atoms with E-state index in [2.05, 4.69) is 4.98 Å². The van der Waals surface area contributed by atoms with Crippen molar-refractivity contribution in [3.05, 3.63) is 48.2 Å². The summed E-state index contributed by atoms with van der Waals surface area (Å²) in [5, 5.41) is 0. The van der Waals surface area contributed by atoms with Gasteiger partial charge in [-0.2, -0.15) is 0 Å². The van der Waals surface area contributed by atoms with Gasteiger partial charge in [0.1, 0.15) is 12.1 Å². The van der Waals surface area contributed by atoms with Crippen LogP contribution in [0, 0.1) is 5.92 Å². The van der Waals surface area contributed by atoms with Gasteiger partial charge in [-0.3, -0.25) is 19.3 Å². The van der Waals surface area contributed by atoms with Crippen molar-refractivity contribution in [2.24, 2.45) is 5.92 Å². The molecule has 3 heterocycles. The summed E-state index contributed by atoms with van der Waals surface area (Å²) in [5.74, 6) is -0.203. The molecule has 1 aromatic carbocycles. The summed E-state index contributed by atoms with van der Waals surface area (Å²) in [5.41, 5.74) is 0.831. The van der Waals surface area contributed by atoms with Crippen molar-refractivity contribution in [3.63, 3.8) is 0 Å². The summed E-state index contributed by atoms with van der Waals surface area (Å²) >= 11 is 0. The van der Waals surface area contributed by atoms with E-state index in [1.54, 1.807) is 54.4 Å². The molecule has 4 rings (SSSR count). The predicted molar refractivity (Wildman–Crippen MR) is 108 cm³/mol. The first-order valence-electron chi connectivity index (χ1n) is 10.1. The van der Waals surface area contributed by atoms with Crippen LogP contribution in [0.1, 0.15) is 30.1 Å². The second kappa shape index (κ2) is 8.52. The van der Waals surface area contributed by atoms with Gasteiger partial charge in [-0.05, 0) is 44.0 Å². The summed E-state index contributed by atoms with van der Waals surface area (Å²) in [4.78, 5) is 45.4. The topological polar surface area (TPSA) is 89.0 Å². The average Bonchev–Trinajstić information content (AvgIpc) is 2.89. The summed E-state index contributed by atoms with van der Waals surface area (Å²) in [6.45, 7) is 2.94. The number of para-hydroxylation sites is 2. The van der Waals surface area contributed by atoms with Crippen LogP contribution in [0.2, 0.25) is 0 Å². The van der Waals surface area contributed by atoms with E-state index >= 15 is 0 Å². The number of pyridine rings is 1. The lowest BCUT2D eigenvalue weighted by molar-refractivity contribution is -0.151. The normalized spacial score (nSPS) is 16.2. The second-order valence-corrected chi connectivity index (χ2v) is 7.22. The number of amides is 2. The fraction of sp³-hybridized carbons (Fsp3) is 0.364. The molecule has 2 amide bonds. The zero-order chi connectivity index (χ0) is 21.1. The number of aromatic nitrogens is 1. The van der Waals surface area contributed by atoms with Gasteiger partial charge in [-0.1, -0.05) is 12.1 Å². The number of hydrogen-bond donors (Lipinski definition) is 0. The van der Waals surface area contributed by atoms with E-state index in [9.17, 15) is 14.4 Å². The minimum atomic E-state index is -0.335. The number of nitrogens with zero attached hydrogens (tertiary/aromatic N) is 3. The Bertz CT molecular complexity index is 969. The lowest BCUT2D eigenvalue weighted by Gasteiger charge is -2.32. The van der Waals surface area contributed by atoms with E-state index in [-0.39, 0.29) is 36.1 Å². The van der Waals surface area contributed by atoms with Crippen LogP contribution in [0.4, 0.5) is 5.69 Å². The van der Waals surface area contributed by atoms with Crippen molar-refractivity contribution >= 4 is 23.5 Å². The largest absolute Gasteiger partial charge is 0.466 e. The van der Waals surface area contributed by atoms with Crippen molar-refractivity contribution in [1.82, 2.24) is 9.88 Å². The number of hydrogen-bond acceptors (Lipinski definition) is 6. The van der Waals surface area contributed by atoms with Crippen molar-refractivity contribution in [1.29, 1.82) is 0 Å². The van der Waals surface area contributed by atoms with Crippen LogP contribution in [0.3, 0.4) is 0 Å². The molecule has 2 aliphatic heterocycles. The van der Waals surface area contributed by atoms with Crippen molar-refractivity contribution in [2.45, 2.75) is 19.8 Å². The molecule has 0 bridgehead atoms. The second-order valence-electron chi connectivity index (χ2n) is 7.22. The zero-order valence-electron chi connectivity index (χ0n) is 16.7. The van der Waals surface area contributed by atoms with Crippen LogP contribution in [0.25, 0.3) is 0 Å². The van der Waals surface area contributed by atoms with Gasteiger partial charge in [0.25, 0.3) is 5.91 Å². The minimum Gasteiger partial charge on any atom is -0.466 e. The maximum atomic E-state index is 13.2. The number of rotatable bonds is 4. The number of carbonyl (C=O) groups is 3. The van der Waals surface area contributed by atoms with E-state index in [1.807, 2.05) is 0 Å². The highest BCUT2D eigenvalue weighted by atomic mass is 16.5. The van der Waals surface area contributed by atoms with E-state index in [0.717, 1.165) is 0 Å². The van der Waals surface area contributed by atoms with Crippen LogP contribution in [0.5, 0.6) is 11.6 Å². The molecular formula is C22H23N3O5. The lowest BCUT2D eigenvalue weighted by atomic mass is 9.97. The molecule has 1 fully saturated rings. The standard InChI is InChI=1S/C22H23N3O5/c1-2-29-22(28)15-9-12-24(13-10-15)19(26)14-25-17-7-3-4-8-18(17)30-20-16(21(25)27)6-5-11-23-20/h3-8,11,15H,2,9-10,12-14H2,1H3. The molecule has 2 aromatic rings. The monoisotopic (exact) mass is 409 g/mol. The Kier molecular flexibility index (Phi) is 5.65. The van der Waals surface area contributed by atoms with Crippen molar-refractivity contribution < 1.29 is 23.9 Å². The van der Waals surface area contributed by atoms with Crippen LogP contribution >= 0.6 is 0 Å². The first-order chi connectivity index (χ1) is 14.6. The number of carbonyl (C=O) groups excluding carboxylic acids is 3. The van der Waals surface area contributed by atoms with Crippen LogP contribution in [-0.4, -0.2) is 53.9 Å². The van der Waals surface area contributed by atoms with E-state index in [1.165, 1.54) is 4.90 Å². The molecule has 0 spiro atoms. The van der Waals surface area contributed by atoms with Gasteiger partial charge >= 0.3 is 5.97 Å². The molecule has 0 unspecified atom stereocenters. The molecule has 156 valence electrons. The van der Waals surface area contributed by atoms with Crippen LogP contribution < -0.4 is 9.64 Å². The highest BCUT2D eigenvalue weighted by Crippen LogP contribution is 2.37. The van der Waals surface area contributed by atoms with Gasteiger partial charge in [-0.25, -0.2) is 4.98 Å². The lowest BCUT2D eigenvalue weighted by Crippen LogP contribution is -2.46. The zero-order valence-corrected chi connectivity index (χ0v) is 16.7. The Balaban J connectivity index is 1.52. The van der Waals surface area contributed by atoms with E-state index in [4.69, 9.17) is 9.47 Å². The third-order valence-corrected chi connectivity index (χ3v) is 5.37. The molecule has 1 saturated heterocycles. The summed E-state index contributed by atoms with van der Waals surface area (Å²) in [6, 6.07) is 10.4. The Morgan fingerprint density at radius 3 is 2.70 bits per heavy atom. The first kappa shape index (κ1) is 19.9. The minimum absolute atomic E-state index is 0.113. The number of benzene rings is 1. The Morgan fingerprint density at radius 1 is 1.17 bits per heavy atom. The Hall–Kier alpha value is -3.42. The average molecular weight is 409 g/mol. The molecule has 0 saturated carbocycles. The number of esters is 1. The fourth-order valence-electron chi connectivity index (χ4n) is 3.78. The highest BCUT2D eigenvalue weighted by molar-refractivity contribution is 6.11. The van der Waals surface area contributed by atoms with Gasteiger partial charge < -0.3 is 14.4 Å². The first-order valence-corrected chi connectivity index (χ1v) is 10.1. The third-order valence-electron chi connectivity index (χ3n) is 5.37. The molecule has 8 nitrogen and oxygen atoms in total.